The van der Waals surface area contributed by atoms with Crippen LogP contribution in [0.5, 0.6) is 0 Å². The third-order valence-electron chi connectivity index (χ3n) is 4.36. The number of rotatable bonds is 6. The highest BCUT2D eigenvalue weighted by atomic mass is 16.5. The van der Waals surface area contributed by atoms with Gasteiger partial charge in [-0.3, -0.25) is 19.3 Å². The Balaban J connectivity index is 2.44. The van der Waals surface area contributed by atoms with Crippen molar-refractivity contribution in [3.63, 3.8) is 0 Å². The van der Waals surface area contributed by atoms with Crippen LogP contribution < -0.4 is 5.73 Å². The zero-order chi connectivity index (χ0) is 18.0. The molecule has 0 unspecified atom stereocenters. The first-order valence-electron chi connectivity index (χ1n) is 7.69. The van der Waals surface area contributed by atoms with Crippen LogP contribution in [-0.4, -0.2) is 47.7 Å². The number of Topliss-reactive ketones (excluding diaryl/α,β-unsaturated/α-hetero) is 1. The van der Waals surface area contributed by atoms with Crippen molar-refractivity contribution in [1.82, 2.24) is 4.90 Å². The first-order valence-corrected chi connectivity index (χ1v) is 7.69. The van der Waals surface area contributed by atoms with Crippen LogP contribution in [0.4, 0.5) is 0 Å². The Morgan fingerprint density at radius 2 is 1.67 bits per heavy atom. The van der Waals surface area contributed by atoms with Gasteiger partial charge in [0.2, 0.25) is 0 Å². The predicted molar refractivity (Wildman–Crippen MR) is 85.2 cm³/mol. The van der Waals surface area contributed by atoms with Gasteiger partial charge in [0.05, 0.1) is 24.3 Å². The summed E-state index contributed by atoms with van der Waals surface area (Å²) in [7, 11) is 1.09. The molecule has 0 aliphatic carbocycles. The van der Waals surface area contributed by atoms with E-state index in [9.17, 15) is 19.2 Å². The van der Waals surface area contributed by atoms with E-state index in [4.69, 9.17) is 5.73 Å². The lowest BCUT2D eigenvalue weighted by atomic mass is 9.92. The molecule has 0 saturated heterocycles. The molecule has 0 bridgehead atoms. The lowest BCUT2D eigenvalue weighted by molar-refractivity contribution is -0.149. The molecule has 3 atom stereocenters. The van der Waals surface area contributed by atoms with Crippen molar-refractivity contribution in [2.75, 3.05) is 7.11 Å². The van der Waals surface area contributed by atoms with Gasteiger partial charge in [0, 0.05) is 0 Å². The lowest BCUT2D eigenvalue weighted by Crippen LogP contribution is -2.56. The van der Waals surface area contributed by atoms with Crippen LogP contribution in [0.1, 0.15) is 41.0 Å². The number of esters is 1. The number of benzene rings is 1. The van der Waals surface area contributed by atoms with Crippen LogP contribution in [0.25, 0.3) is 0 Å². The Morgan fingerprint density at radius 3 is 2.08 bits per heavy atom. The average molecular weight is 332 g/mol. The maximum atomic E-state index is 12.7. The van der Waals surface area contributed by atoms with Crippen LogP contribution in [-0.2, 0) is 14.3 Å². The standard InChI is InChI=1S/C17H20N2O5/c1-4-9(2)12(18)14(20)13(17(23)24-3)19-15(21)10-7-5-6-8-11(10)16(19)22/h5-9,12-13H,4,18H2,1-3H3/t9-,12-,13-/m0/s1. The number of amides is 2. The van der Waals surface area contributed by atoms with Crippen LogP contribution in [0, 0.1) is 5.92 Å². The van der Waals surface area contributed by atoms with Gasteiger partial charge in [-0.2, -0.15) is 0 Å². The summed E-state index contributed by atoms with van der Waals surface area (Å²) < 4.78 is 4.64. The third kappa shape index (κ3) is 2.82. The van der Waals surface area contributed by atoms with E-state index in [1.54, 1.807) is 19.1 Å². The second-order valence-corrected chi connectivity index (χ2v) is 5.77. The summed E-state index contributed by atoms with van der Waals surface area (Å²) in [5, 5.41) is 0. The van der Waals surface area contributed by atoms with E-state index >= 15 is 0 Å². The summed E-state index contributed by atoms with van der Waals surface area (Å²) in [5.74, 6) is -3.29. The summed E-state index contributed by atoms with van der Waals surface area (Å²) in [6.07, 6.45) is 0.614. The number of fused-ring (bicyclic) bond motifs is 1. The van der Waals surface area contributed by atoms with E-state index in [1.165, 1.54) is 12.1 Å². The molecule has 128 valence electrons. The van der Waals surface area contributed by atoms with Gasteiger partial charge in [-0.25, -0.2) is 4.79 Å². The summed E-state index contributed by atoms with van der Waals surface area (Å²) >= 11 is 0. The molecule has 1 aliphatic heterocycles. The molecule has 0 fully saturated rings. The minimum Gasteiger partial charge on any atom is -0.467 e. The van der Waals surface area contributed by atoms with Crippen molar-refractivity contribution in [1.29, 1.82) is 0 Å². The summed E-state index contributed by atoms with van der Waals surface area (Å²) in [4.78, 5) is 50.6. The van der Waals surface area contributed by atoms with Crippen LogP contribution >= 0.6 is 0 Å². The average Bonchev–Trinajstić information content (AvgIpc) is 2.85. The molecule has 0 saturated carbocycles. The van der Waals surface area contributed by atoms with Crippen molar-refractivity contribution in [3.05, 3.63) is 35.4 Å². The second-order valence-electron chi connectivity index (χ2n) is 5.77. The van der Waals surface area contributed by atoms with E-state index in [2.05, 4.69) is 4.74 Å². The molecule has 2 N–H and O–H groups in total. The maximum Gasteiger partial charge on any atom is 0.336 e. The molecule has 2 amide bonds. The molecule has 0 radical (unpaired) electrons. The van der Waals surface area contributed by atoms with Crippen LogP contribution in [0.2, 0.25) is 0 Å². The van der Waals surface area contributed by atoms with Crippen molar-refractivity contribution in [2.24, 2.45) is 11.7 Å². The van der Waals surface area contributed by atoms with Gasteiger partial charge < -0.3 is 10.5 Å². The SMILES string of the molecule is CC[C@H](C)[C@H](N)C(=O)[C@@H](C(=O)OC)N1C(=O)c2ccccc2C1=O. The van der Waals surface area contributed by atoms with Gasteiger partial charge in [0.15, 0.2) is 11.8 Å². The second kappa shape index (κ2) is 6.92. The number of carbonyl (C=O) groups excluding carboxylic acids is 4. The van der Waals surface area contributed by atoms with Gasteiger partial charge in [-0.05, 0) is 18.1 Å². The fourth-order valence-electron chi connectivity index (χ4n) is 2.62. The molecule has 1 aliphatic rings. The molecule has 24 heavy (non-hydrogen) atoms. The normalized spacial score (nSPS) is 17.2. The highest BCUT2D eigenvalue weighted by molar-refractivity contribution is 6.25. The van der Waals surface area contributed by atoms with Gasteiger partial charge in [-0.1, -0.05) is 32.4 Å². The topological polar surface area (TPSA) is 107 Å². The number of hydrogen-bond acceptors (Lipinski definition) is 6. The fourth-order valence-corrected chi connectivity index (χ4v) is 2.62. The van der Waals surface area contributed by atoms with Crippen LogP contribution in [0.3, 0.4) is 0 Å². The number of imide groups is 1. The molecule has 1 aromatic rings. The van der Waals surface area contributed by atoms with E-state index in [1.807, 2.05) is 6.92 Å². The number of nitrogens with zero attached hydrogens (tertiary/aromatic N) is 1. The molecule has 1 aromatic carbocycles. The number of ketones is 1. The lowest BCUT2D eigenvalue weighted by Gasteiger charge is -2.27. The fraction of sp³-hybridized carbons (Fsp3) is 0.412. The molecule has 7 nitrogen and oxygen atoms in total. The molecular formula is C17H20N2O5. The number of ether oxygens (including phenoxy) is 1. The molecule has 7 heteroatoms. The van der Waals surface area contributed by atoms with E-state index in [0.29, 0.717) is 11.3 Å². The predicted octanol–water partition coefficient (Wildman–Crippen LogP) is 0.767. The summed E-state index contributed by atoms with van der Waals surface area (Å²) in [6.45, 7) is 3.62. The highest BCUT2D eigenvalue weighted by Gasteiger charge is 2.48. The largest absolute Gasteiger partial charge is 0.467 e. The number of nitrogens with two attached hydrogens (primary N) is 1. The minimum absolute atomic E-state index is 0.154. The summed E-state index contributed by atoms with van der Waals surface area (Å²) in [6, 6.07) is 3.50. The summed E-state index contributed by atoms with van der Waals surface area (Å²) in [5.41, 5.74) is 6.23. The van der Waals surface area contributed by atoms with Crippen LogP contribution in [0.15, 0.2) is 24.3 Å². The van der Waals surface area contributed by atoms with E-state index in [0.717, 1.165) is 7.11 Å². The van der Waals surface area contributed by atoms with E-state index in [-0.39, 0.29) is 17.0 Å². The first-order chi connectivity index (χ1) is 11.3. The Morgan fingerprint density at radius 1 is 1.17 bits per heavy atom. The maximum absolute atomic E-state index is 12.7. The molecular weight excluding hydrogens is 312 g/mol. The zero-order valence-electron chi connectivity index (χ0n) is 13.8. The molecule has 1 heterocycles. The Hall–Kier alpha value is -2.54. The molecule has 2 rings (SSSR count). The monoisotopic (exact) mass is 332 g/mol. The van der Waals surface area contributed by atoms with Gasteiger partial charge in [-0.15, -0.1) is 0 Å². The van der Waals surface area contributed by atoms with Gasteiger partial charge >= 0.3 is 5.97 Å². The molecule has 0 spiro atoms. The first kappa shape index (κ1) is 17.8. The Kier molecular flexibility index (Phi) is 5.14. The Bertz CT molecular complexity index is 665. The van der Waals surface area contributed by atoms with Gasteiger partial charge in [0.25, 0.3) is 11.8 Å². The van der Waals surface area contributed by atoms with Crippen molar-refractivity contribution in [3.8, 4) is 0 Å². The number of methoxy groups -OCH3 is 1. The van der Waals surface area contributed by atoms with Crippen molar-refractivity contribution < 1.29 is 23.9 Å². The molecule has 0 aromatic heterocycles. The minimum atomic E-state index is -1.67. The van der Waals surface area contributed by atoms with E-state index < -0.39 is 35.7 Å². The third-order valence-corrected chi connectivity index (χ3v) is 4.36. The van der Waals surface area contributed by atoms with Crippen molar-refractivity contribution in [2.45, 2.75) is 32.4 Å². The number of hydrogen-bond donors (Lipinski definition) is 1. The smallest absolute Gasteiger partial charge is 0.336 e. The highest BCUT2D eigenvalue weighted by Crippen LogP contribution is 2.26. The number of carbonyl (C=O) groups is 4. The Labute approximate surface area is 139 Å². The zero-order valence-corrected chi connectivity index (χ0v) is 13.8. The van der Waals surface area contributed by atoms with Gasteiger partial charge in [0.1, 0.15) is 0 Å². The quantitative estimate of drug-likeness (QED) is 0.468. The van der Waals surface area contributed by atoms with Crippen molar-refractivity contribution >= 4 is 23.6 Å².